The Labute approximate surface area is 125 Å². The quantitative estimate of drug-likeness (QED) is 0.927. The molecule has 114 valence electrons. The van der Waals surface area contributed by atoms with Crippen LogP contribution in [0.1, 0.15) is 44.6 Å². The molecule has 0 saturated carbocycles. The van der Waals surface area contributed by atoms with E-state index in [9.17, 15) is 14.7 Å². The Morgan fingerprint density at radius 1 is 1.33 bits per heavy atom. The Hall–Kier alpha value is -1.84. The highest BCUT2D eigenvalue weighted by Gasteiger charge is 2.37. The Kier molecular flexibility index (Phi) is 4.99. The van der Waals surface area contributed by atoms with Gasteiger partial charge in [0.1, 0.15) is 6.04 Å². The number of hydrogen-bond donors (Lipinski definition) is 1. The van der Waals surface area contributed by atoms with Crippen molar-refractivity contribution in [1.82, 2.24) is 4.90 Å². The van der Waals surface area contributed by atoms with Crippen LogP contribution in [0.3, 0.4) is 0 Å². The van der Waals surface area contributed by atoms with E-state index in [1.165, 1.54) is 0 Å². The summed E-state index contributed by atoms with van der Waals surface area (Å²) >= 11 is 0. The normalized spacial score (nSPS) is 23.6. The summed E-state index contributed by atoms with van der Waals surface area (Å²) in [6.07, 6.45) is 2.44. The van der Waals surface area contributed by atoms with Crippen molar-refractivity contribution in [3.8, 4) is 0 Å². The number of hydrogen-bond acceptors (Lipinski definition) is 2. The number of piperidine rings is 1. The van der Waals surface area contributed by atoms with Gasteiger partial charge in [-0.05, 0) is 31.2 Å². The molecule has 0 aliphatic carbocycles. The van der Waals surface area contributed by atoms with Gasteiger partial charge in [0.25, 0.3) is 0 Å². The standard InChI is InChI=1S/C17H23NO3/c1-3-13-9-10-18(15(11-13)17(20)21)16(19)12(2)14-7-5-4-6-8-14/h4-8,12-13,15H,3,9-11H2,1-2H3,(H,20,21). The van der Waals surface area contributed by atoms with Gasteiger partial charge >= 0.3 is 5.97 Å². The third-order valence-corrected chi connectivity index (χ3v) is 4.53. The fourth-order valence-electron chi connectivity index (χ4n) is 3.04. The minimum atomic E-state index is -0.887. The number of likely N-dealkylation sites (tertiary alicyclic amines) is 1. The maximum atomic E-state index is 12.7. The van der Waals surface area contributed by atoms with E-state index < -0.39 is 12.0 Å². The first-order chi connectivity index (χ1) is 10.0. The second-order valence-electron chi connectivity index (χ2n) is 5.82. The molecule has 1 aliphatic heterocycles. The van der Waals surface area contributed by atoms with Crippen LogP contribution in [0.15, 0.2) is 30.3 Å². The van der Waals surface area contributed by atoms with E-state index in [-0.39, 0.29) is 11.8 Å². The monoisotopic (exact) mass is 289 g/mol. The van der Waals surface area contributed by atoms with Gasteiger partial charge in [-0.3, -0.25) is 4.79 Å². The van der Waals surface area contributed by atoms with Crippen LogP contribution in [0, 0.1) is 5.92 Å². The molecule has 1 aromatic rings. The van der Waals surface area contributed by atoms with Crippen LogP contribution in [0.4, 0.5) is 0 Å². The lowest BCUT2D eigenvalue weighted by atomic mass is 9.87. The maximum Gasteiger partial charge on any atom is 0.326 e. The molecule has 1 saturated heterocycles. The van der Waals surface area contributed by atoms with Gasteiger partial charge in [0, 0.05) is 6.54 Å². The third kappa shape index (κ3) is 3.43. The lowest BCUT2D eigenvalue weighted by molar-refractivity contribution is -0.153. The predicted molar refractivity (Wildman–Crippen MR) is 81.0 cm³/mol. The van der Waals surface area contributed by atoms with Gasteiger partial charge in [0.05, 0.1) is 5.92 Å². The first-order valence-corrected chi connectivity index (χ1v) is 7.62. The van der Waals surface area contributed by atoms with E-state index in [1.54, 1.807) is 4.90 Å². The van der Waals surface area contributed by atoms with Crippen molar-refractivity contribution in [3.63, 3.8) is 0 Å². The van der Waals surface area contributed by atoms with Crippen molar-refractivity contribution < 1.29 is 14.7 Å². The molecule has 0 aromatic heterocycles. The van der Waals surface area contributed by atoms with Gasteiger partial charge in [-0.2, -0.15) is 0 Å². The Bertz CT molecular complexity index is 500. The highest BCUT2D eigenvalue weighted by atomic mass is 16.4. The van der Waals surface area contributed by atoms with Crippen LogP contribution < -0.4 is 0 Å². The van der Waals surface area contributed by atoms with Crippen LogP contribution in [0.5, 0.6) is 0 Å². The molecular formula is C17H23NO3. The van der Waals surface area contributed by atoms with E-state index in [1.807, 2.05) is 37.3 Å². The van der Waals surface area contributed by atoms with Crippen LogP contribution in [0.25, 0.3) is 0 Å². The Balaban J connectivity index is 2.15. The number of benzene rings is 1. The van der Waals surface area contributed by atoms with Gasteiger partial charge < -0.3 is 10.0 Å². The van der Waals surface area contributed by atoms with Crippen molar-refractivity contribution in [1.29, 1.82) is 0 Å². The molecule has 1 heterocycles. The van der Waals surface area contributed by atoms with Gasteiger partial charge in [-0.1, -0.05) is 43.7 Å². The smallest absolute Gasteiger partial charge is 0.326 e. The molecule has 1 aliphatic rings. The largest absolute Gasteiger partial charge is 0.480 e. The lowest BCUT2D eigenvalue weighted by Gasteiger charge is -2.38. The fraction of sp³-hybridized carbons (Fsp3) is 0.529. The molecule has 0 radical (unpaired) electrons. The molecule has 4 nitrogen and oxygen atoms in total. The van der Waals surface area contributed by atoms with Crippen LogP contribution >= 0.6 is 0 Å². The molecule has 1 N–H and O–H groups in total. The molecule has 0 bridgehead atoms. The average molecular weight is 289 g/mol. The summed E-state index contributed by atoms with van der Waals surface area (Å²) in [7, 11) is 0. The summed E-state index contributed by atoms with van der Waals surface area (Å²) in [6.45, 7) is 4.47. The number of amides is 1. The summed E-state index contributed by atoms with van der Waals surface area (Å²) in [5, 5.41) is 9.43. The second-order valence-corrected chi connectivity index (χ2v) is 5.82. The van der Waals surface area contributed by atoms with Crippen molar-refractivity contribution in [2.24, 2.45) is 5.92 Å². The SMILES string of the molecule is CCC1CCN(C(=O)C(C)c2ccccc2)C(C(=O)O)C1. The molecule has 21 heavy (non-hydrogen) atoms. The molecule has 1 amide bonds. The minimum absolute atomic E-state index is 0.0804. The fourth-order valence-corrected chi connectivity index (χ4v) is 3.04. The Morgan fingerprint density at radius 2 is 2.00 bits per heavy atom. The number of nitrogens with zero attached hydrogens (tertiary/aromatic N) is 1. The van der Waals surface area contributed by atoms with E-state index in [0.29, 0.717) is 18.9 Å². The Morgan fingerprint density at radius 3 is 2.57 bits per heavy atom. The molecule has 3 unspecified atom stereocenters. The molecule has 2 rings (SSSR count). The van der Waals surface area contributed by atoms with Gasteiger partial charge in [-0.25, -0.2) is 4.79 Å². The van der Waals surface area contributed by atoms with Gasteiger partial charge in [0.15, 0.2) is 0 Å². The number of carbonyl (C=O) groups is 2. The zero-order chi connectivity index (χ0) is 15.4. The number of carboxylic acid groups (broad SMARTS) is 1. The number of aliphatic carboxylic acids is 1. The summed E-state index contributed by atoms with van der Waals surface area (Å²) < 4.78 is 0. The second kappa shape index (κ2) is 6.74. The highest BCUT2D eigenvalue weighted by molar-refractivity contribution is 5.88. The molecule has 1 fully saturated rings. The van der Waals surface area contributed by atoms with E-state index >= 15 is 0 Å². The highest BCUT2D eigenvalue weighted by Crippen LogP contribution is 2.28. The van der Waals surface area contributed by atoms with Crippen molar-refractivity contribution in [3.05, 3.63) is 35.9 Å². The molecular weight excluding hydrogens is 266 g/mol. The molecule has 3 atom stereocenters. The zero-order valence-electron chi connectivity index (χ0n) is 12.7. The maximum absolute atomic E-state index is 12.7. The average Bonchev–Trinajstić information content (AvgIpc) is 2.53. The number of rotatable bonds is 4. The summed E-state index contributed by atoms with van der Waals surface area (Å²) in [6, 6.07) is 8.86. The van der Waals surface area contributed by atoms with E-state index in [2.05, 4.69) is 6.92 Å². The van der Waals surface area contributed by atoms with Crippen LogP contribution in [-0.4, -0.2) is 34.5 Å². The number of carboxylic acids is 1. The van der Waals surface area contributed by atoms with Crippen molar-refractivity contribution >= 4 is 11.9 Å². The molecule has 0 spiro atoms. The van der Waals surface area contributed by atoms with E-state index in [4.69, 9.17) is 0 Å². The van der Waals surface area contributed by atoms with Gasteiger partial charge in [-0.15, -0.1) is 0 Å². The first kappa shape index (κ1) is 15.5. The summed E-state index contributed by atoms with van der Waals surface area (Å²) in [5.41, 5.74) is 0.934. The zero-order valence-corrected chi connectivity index (χ0v) is 12.7. The van der Waals surface area contributed by atoms with Crippen LogP contribution in [0.2, 0.25) is 0 Å². The van der Waals surface area contributed by atoms with E-state index in [0.717, 1.165) is 18.4 Å². The topological polar surface area (TPSA) is 57.6 Å². The molecule has 1 aromatic carbocycles. The lowest BCUT2D eigenvalue weighted by Crippen LogP contribution is -2.51. The minimum Gasteiger partial charge on any atom is -0.480 e. The third-order valence-electron chi connectivity index (χ3n) is 4.53. The first-order valence-electron chi connectivity index (χ1n) is 7.62. The van der Waals surface area contributed by atoms with Crippen molar-refractivity contribution in [2.75, 3.05) is 6.54 Å². The summed E-state index contributed by atoms with van der Waals surface area (Å²) in [4.78, 5) is 25.7. The predicted octanol–water partition coefficient (Wildman–Crippen LogP) is 2.89. The van der Waals surface area contributed by atoms with Crippen molar-refractivity contribution in [2.45, 2.75) is 45.1 Å². The van der Waals surface area contributed by atoms with Gasteiger partial charge in [0.2, 0.25) is 5.91 Å². The summed E-state index contributed by atoms with van der Waals surface area (Å²) in [5.74, 6) is -0.863. The molecule has 4 heteroatoms. The number of carbonyl (C=O) groups excluding carboxylic acids is 1. The van der Waals surface area contributed by atoms with Crippen LogP contribution in [-0.2, 0) is 9.59 Å².